The minimum atomic E-state index is -0.987. The van der Waals surface area contributed by atoms with Gasteiger partial charge < -0.3 is 14.7 Å². The van der Waals surface area contributed by atoms with Gasteiger partial charge in [-0.25, -0.2) is 4.79 Å². The van der Waals surface area contributed by atoms with Gasteiger partial charge in [-0.2, -0.15) is 0 Å². The smallest absolute Gasteiger partial charge is 0.328 e. The molecule has 0 bridgehead atoms. The van der Waals surface area contributed by atoms with Crippen molar-refractivity contribution in [2.75, 3.05) is 25.7 Å². The molecule has 0 aliphatic heterocycles. The van der Waals surface area contributed by atoms with Crippen molar-refractivity contribution in [2.24, 2.45) is 0 Å². The Bertz CT molecular complexity index is 474. The Hall–Kier alpha value is -1.52. The Morgan fingerprint density at radius 3 is 2.84 bits per heavy atom. The molecule has 0 aliphatic carbocycles. The molecule has 1 unspecified atom stereocenters. The van der Waals surface area contributed by atoms with Gasteiger partial charge in [0.1, 0.15) is 0 Å². The van der Waals surface area contributed by atoms with Crippen LogP contribution in [-0.2, 0) is 9.53 Å². The summed E-state index contributed by atoms with van der Waals surface area (Å²) in [7, 11) is 3.59. The Morgan fingerprint density at radius 2 is 2.26 bits per heavy atom. The molecule has 0 aromatic heterocycles. The highest BCUT2D eigenvalue weighted by atomic mass is 35.5. The minimum Gasteiger partial charge on any atom is -0.478 e. The van der Waals surface area contributed by atoms with Crippen LogP contribution in [0.5, 0.6) is 0 Å². The Labute approximate surface area is 118 Å². The topological polar surface area (TPSA) is 49.8 Å². The fraction of sp³-hybridized carbons (Fsp3) is 0.357. The van der Waals surface area contributed by atoms with Gasteiger partial charge in [-0.05, 0) is 36.8 Å². The maximum atomic E-state index is 10.6. The van der Waals surface area contributed by atoms with Gasteiger partial charge in [-0.1, -0.05) is 11.6 Å². The van der Waals surface area contributed by atoms with E-state index >= 15 is 0 Å². The number of anilines is 1. The van der Waals surface area contributed by atoms with Gasteiger partial charge in [-0.3, -0.25) is 0 Å². The molecule has 19 heavy (non-hydrogen) atoms. The van der Waals surface area contributed by atoms with Crippen molar-refractivity contribution < 1.29 is 14.6 Å². The van der Waals surface area contributed by atoms with Gasteiger partial charge in [0, 0.05) is 37.0 Å². The van der Waals surface area contributed by atoms with Crippen LogP contribution in [0.2, 0.25) is 5.02 Å². The van der Waals surface area contributed by atoms with E-state index in [9.17, 15) is 4.79 Å². The zero-order valence-corrected chi connectivity index (χ0v) is 12.0. The zero-order valence-electron chi connectivity index (χ0n) is 11.3. The molecular formula is C14H18ClNO3. The highest BCUT2D eigenvalue weighted by Gasteiger charge is 2.13. The lowest BCUT2D eigenvalue weighted by atomic mass is 10.1. The average molecular weight is 284 g/mol. The van der Waals surface area contributed by atoms with Crippen LogP contribution in [-0.4, -0.2) is 37.9 Å². The SMILES string of the molecule is COCC(C)N(C)c1ccc(Cl)cc1/C=C/C(=O)O. The largest absolute Gasteiger partial charge is 0.478 e. The van der Waals surface area contributed by atoms with Crippen LogP contribution < -0.4 is 4.90 Å². The van der Waals surface area contributed by atoms with Crippen molar-refractivity contribution in [1.29, 1.82) is 0 Å². The molecule has 0 spiro atoms. The molecule has 4 nitrogen and oxygen atoms in total. The van der Waals surface area contributed by atoms with Crippen LogP contribution in [0.4, 0.5) is 5.69 Å². The fourth-order valence-corrected chi connectivity index (χ4v) is 1.91. The lowest BCUT2D eigenvalue weighted by molar-refractivity contribution is -0.131. The highest BCUT2D eigenvalue weighted by molar-refractivity contribution is 6.30. The number of carbonyl (C=O) groups is 1. The summed E-state index contributed by atoms with van der Waals surface area (Å²) >= 11 is 5.95. The van der Waals surface area contributed by atoms with E-state index < -0.39 is 5.97 Å². The first-order valence-corrected chi connectivity index (χ1v) is 6.25. The summed E-state index contributed by atoms with van der Waals surface area (Å²) in [5.41, 5.74) is 1.67. The summed E-state index contributed by atoms with van der Waals surface area (Å²) in [6.45, 7) is 2.62. The van der Waals surface area contributed by atoms with Crippen LogP contribution in [0, 0.1) is 0 Å². The molecule has 1 N–H and O–H groups in total. The van der Waals surface area contributed by atoms with E-state index in [1.165, 1.54) is 0 Å². The number of carboxylic acid groups (broad SMARTS) is 1. The number of methoxy groups -OCH3 is 1. The van der Waals surface area contributed by atoms with Crippen molar-refractivity contribution >= 4 is 29.3 Å². The monoisotopic (exact) mass is 283 g/mol. The molecular weight excluding hydrogens is 266 g/mol. The summed E-state index contributed by atoms with van der Waals surface area (Å²) in [4.78, 5) is 12.7. The number of rotatable bonds is 6. The summed E-state index contributed by atoms with van der Waals surface area (Å²) in [5.74, 6) is -0.987. The fourth-order valence-electron chi connectivity index (χ4n) is 1.73. The Balaban J connectivity index is 3.08. The van der Waals surface area contributed by atoms with Crippen LogP contribution in [0.15, 0.2) is 24.3 Å². The summed E-state index contributed by atoms with van der Waals surface area (Å²) < 4.78 is 5.13. The quantitative estimate of drug-likeness (QED) is 0.816. The molecule has 1 atom stereocenters. The van der Waals surface area contributed by atoms with Crippen LogP contribution in [0.1, 0.15) is 12.5 Å². The molecule has 1 aromatic carbocycles. The predicted octanol–water partition coefficient (Wildman–Crippen LogP) is 2.91. The van der Waals surface area contributed by atoms with Crippen LogP contribution >= 0.6 is 11.6 Å². The Kier molecular flexibility index (Phi) is 5.86. The summed E-state index contributed by atoms with van der Waals surface area (Å²) in [5, 5.41) is 9.28. The number of halogens is 1. The lowest BCUT2D eigenvalue weighted by Crippen LogP contribution is -2.33. The second-order valence-corrected chi connectivity index (χ2v) is 4.73. The average Bonchev–Trinajstić information content (AvgIpc) is 2.36. The van der Waals surface area contributed by atoms with E-state index in [4.69, 9.17) is 21.4 Å². The van der Waals surface area contributed by atoms with E-state index in [2.05, 4.69) is 0 Å². The summed E-state index contributed by atoms with van der Waals surface area (Å²) in [6, 6.07) is 5.57. The first-order valence-electron chi connectivity index (χ1n) is 5.88. The molecule has 0 saturated heterocycles. The molecule has 104 valence electrons. The van der Waals surface area contributed by atoms with Crippen molar-refractivity contribution in [3.63, 3.8) is 0 Å². The highest BCUT2D eigenvalue weighted by Crippen LogP contribution is 2.26. The van der Waals surface area contributed by atoms with E-state index in [1.54, 1.807) is 25.3 Å². The third-order valence-corrected chi connectivity index (χ3v) is 3.08. The molecule has 0 radical (unpaired) electrons. The van der Waals surface area contributed by atoms with E-state index in [0.29, 0.717) is 11.6 Å². The molecule has 0 fully saturated rings. The van der Waals surface area contributed by atoms with E-state index in [-0.39, 0.29) is 6.04 Å². The number of nitrogens with zero attached hydrogens (tertiary/aromatic N) is 1. The second kappa shape index (κ2) is 7.16. The van der Waals surface area contributed by atoms with Crippen molar-refractivity contribution in [3.8, 4) is 0 Å². The standard InChI is InChI=1S/C14H18ClNO3/c1-10(9-19-3)16(2)13-6-5-12(15)8-11(13)4-7-14(17)18/h4-8,10H,9H2,1-3H3,(H,17,18)/b7-4+. The van der Waals surface area contributed by atoms with E-state index in [0.717, 1.165) is 17.3 Å². The van der Waals surface area contributed by atoms with Gasteiger partial charge in [0.25, 0.3) is 0 Å². The second-order valence-electron chi connectivity index (χ2n) is 4.29. The van der Waals surface area contributed by atoms with Crippen molar-refractivity contribution in [3.05, 3.63) is 34.9 Å². The molecule has 0 aliphatic rings. The maximum absolute atomic E-state index is 10.6. The molecule has 1 aromatic rings. The molecule has 0 amide bonds. The zero-order chi connectivity index (χ0) is 14.4. The van der Waals surface area contributed by atoms with Crippen LogP contribution in [0.3, 0.4) is 0 Å². The van der Waals surface area contributed by atoms with E-state index in [1.807, 2.05) is 24.9 Å². The number of aliphatic carboxylic acids is 1. The van der Waals surface area contributed by atoms with Gasteiger partial charge in [-0.15, -0.1) is 0 Å². The molecule has 0 saturated carbocycles. The lowest BCUT2D eigenvalue weighted by Gasteiger charge is -2.28. The third-order valence-electron chi connectivity index (χ3n) is 2.84. The van der Waals surface area contributed by atoms with Crippen molar-refractivity contribution in [1.82, 2.24) is 0 Å². The third kappa shape index (κ3) is 4.58. The number of hydrogen-bond donors (Lipinski definition) is 1. The molecule has 0 heterocycles. The number of likely N-dealkylation sites (N-methyl/N-ethyl adjacent to an activating group) is 1. The Morgan fingerprint density at radius 1 is 1.58 bits per heavy atom. The van der Waals surface area contributed by atoms with Gasteiger partial charge >= 0.3 is 5.97 Å². The number of benzene rings is 1. The minimum absolute atomic E-state index is 0.170. The first-order chi connectivity index (χ1) is 8.95. The summed E-state index contributed by atoms with van der Waals surface area (Å²) in [6.07, 6.45) is 2.64. The molecule has 1 rings (SSSR count). The number of carboxylic acids is 1. The number of ether oxygens (including phenoxy) is 1. The van der Waals surface area contributed by atoms with Gasteiger partial charge in [0.05, 0.1) is 6.61 Å². The maximum Gasteiger partial charge on any atom is 0.328 e. The normalized spacial score (nSPS) is 12.6. The number of hydrogen-bond acceptors (Lipinski definition) is 3. The van der Waals surface area contributed by atoms with Crippen molar-refractivity contribution in [2.45, 2.75) is 13.0 Å². The first kappa shape index (κ1) is 15.5. The van der Waals surface area contributed by atoms with Gasteiger partial charge in [0.2, 0.25) is 0 Å². The van der Waals surface area contributed by atoms with Gasteiger partial charge in [0.15, 0.2) is 0 Å². The predicted molar refractivity (Wildman–Crippen MR) is 77.9 cm³/mol. The van der Waals surface area contributed by atoms with Crippen LogP contribution in [0.25, 0.3) is 6.08 Å². The molecule has 5 heteroatoms.